The van der Waals surface area contributed by atoms with Gasteiger partial charge in [-0.25, -0.2) is 9.18 Å². The van der Waals surface area contributed by atoms with Gasteiger partial charge in [0.15, 0.2) is 0 Å². The summed E-state index contributed by atoms with van der Waals surface area (Å²) in [6, 6.07) is 24.5. The lowest BCUT2D eigenvalue weighted by molar-refractivity contribution is 0.201. The van der Waals surface area contributed by atoms with Gasteiger partial charge in [0, 0.05) is 38.4 Å². The van der Waals surface area contributed by atoms with Crippen LogP contribution in [0.2, 0.25) is 0 Å². The predicted molar refractivity (Wildman–Crippen MR) is 119 cm³/mol. The molecule has 4 rings (SSSR count). The molecule has 1 heterocycles. The van der Waals surface area contributed by atoms with E-state index >= 15 is 0 Å². The second kappa shape index (κ2) is 9.09. The summed E-state index contributed by atoms with van der Waals surface area (Å²) in [5.41, 5.74) is 3.75. The number of carbonyl (C=O) groups excluding carboxylic acids is 1. The third-order valence-corrected chi connectivity index (χ3v) is 5.66. The molecule has 0 bridgehead atoms. The quantitative estimate of drug-likeness (QED) is 0.633. The van der Waals surface area contributed by atoms with Crippen molar-refractivity contribution in [3.63, 3.8) is 0 Å². The molecule has 1 aliphatic heterocycles. The molecule has 0 aliphatic carbocycles. The van der Waals surface area contributed by atoms with Gasteiger partial charge in [-0.3, -0.25) is 4.90 Å². The summed E-state index contributed by atoms with van der Waals surface area (Å²) in [4.78, 5) is 16.9. The Hall–Kier alpha value is -3.18. The fourth-order valence-electron chi connectivity index (χ4n) is 3.91. The first kappa shape index (κ1) is 20.1. The third kappa shape index (κ3) is 4.86. The van der Waals surface area contributed by atoms with Crippen LogP contribution in [0.25, 0.3) is 11.1 Å². The van der Waals surface area contributed by atoms with Crippen molar-refractivity contribution < 1.29 is 9.18 Å². The Morgan fingerprint density at radius 2 is 1.80 bits per heavy atom. The van der Waals surface area contributed by atoms with Gasteiger partial charge in [-0.15, -0.1) is 0 Å². The molecule has 1 aliphatic rings. The number of halogens is 1. The van der Waals surface area contributed by atoms with Gasteiger partial charge in [0.25, 0.3) is 0 Å². The van der Waals surface area contributed by atoms with Crippen LogP contribution in [0.5, 0.6) is 0 Å². The molecule has 1 saturated heterocycles. The lowest BCUT2D eigenvalue weighted by atomic mass is 10.1. The number of likely N-dealkylation sites (tertiary alicyclic amines) is 1. The van der Waals surface area contributed by atoms with E-state index in [4.69, 9.17) is 0 Å². The maximum atomic E-state index is 13.4. The Morgan fingerprint density at radius 1 is 1.03 bits per heavy atom. The number of rotatable bonds is 5. The van der Waals surface area contributed by atoms with Crippen LogP contribution in [-0.2, 0) is 6.54 Å². The molecule has 2 amide bonds. The van der Waals surface area contributed by atoms with Crippen LogP contribution in [0.3, 0.4) is 0 Å². The number of hydrogen-bond acceptors (Lipinski definition) is 2. The zero-order chi connectivity index (χ0) is 20.9. The molecular weight excluding hydrogens is 377 g/mol. The lowest BCUT2D eigenvalue weighted by Crippen LogP contribution is -2.41. The fourth-order valence-corrected chi connectivity index (χ4v) is 3.91. The van der Waals surface area contributed by atoms with Crippen LogP contribution >= 0.6 is 0 Å². The molecule has 1 atom stereocenters. The molecular formula is C25H26FN3O. The van der Waals surface area contributed by atoms with Crippen molar-refractivity contribution >= 4 is 11.7 Å². The van der Waals surface area contributed by atoms with Crippen molar-refractivity contribution in [1.29, 1.82) is 0 Å². The van der Waals surface area contributed by atoms with Crippen molar-refractivity contribution in [2.45, 2.75) is 19.0 Å². The highest BCUT2D eigenvalue weighted by molar-refractivity contribution is 5.89. The van der Waals surface area contributed by atoms with Crippen molar-refractivity contribution in [3.8, 4) is 11.1 Å². The van der Waals surface area contributed by atoms with E-state index in [1.165, 1.54) is 17.7 Å². The molecule has 0 unspecified atom stereocenters. The van der Waals surface area contributed by atoms with E-state index in [1.54, 1.807) is 11.0 Å². The Balaban J connectivity index is 1.32. The van der Waals surface area contributed by atoms with Gasteiger partial charge >= 0.3 is 6.03 Å². The molecule has 3 aromatic rings. The molecule has 5 heteroatoms. The number of anilines is 1. The monoisotopic (exact) mass is 403 g/mol. The molecule has 0 radical (unpaired) electrons. The van der Waals surface area contributed by atoms with Crippen molar-refractivity contribution in [2.75, 3.05) is 25.5 Å². The summed E-state index contributed by atoms with van der Waals surface area (Å²) >= 11 is 0. The molecule has 0 aromatic heterocycles. The van der Waals surface area contributed by atoms with E-state index in [0.29, 0.717) is 0 Å². The normalized spacial score (nSPS) is 16.4. The maximum absolute atomic E-state index is 13.4. The summed E-state index contributed by atoms with van der Waals surface area (Å²) in [7, 11) is 1.85. The van der Waals surface area contributed by atoms with Gasteiger partial charge in [-0.2, -0.15) is 0 Å². The van der Waals surface area contributed by atoms with Gasteiger partial charge in [0.2, 0.25) is 0 Å². The second-order valence-electron chi connectivity index (χ2n) is 7.79. The average molecular weight is 404 g/mol. The highest BCUT2D eigenvalue weighted by atomic mass is 19.1. The zero-order valence-electron chi connectivity index (χ0n) is 17.1. The van der Waals surface area contributed by atoms with E-state index < -0.39 is 0 Å². The number of carbonyl (C=O) groups is 1. The van der Waals surface area contributed by atoms with Crippen LogP contribution in [0.4, 0.5) is 14.9 Å². The molecule has 3 aromatic carbocycles. The van der Waals surface area contributed by atoms with Gasteiger partial charge in [-0.05, 0) is 47.4 Å². The second-order valence-corrected chi connectivity index (χ2v) is 7.79. The summed E-state index contributed by atoms with van der Waals surface area (Å²) in [5.74, 6) is -0.260. The Kier molecular flexibility index (Phi) is 6.10. The zero-order valence-corrected chi connectivity index (χ0v) is 17.1. The van der Waals surface area contributed by atoms with Gasteiger partial charge in [-0.1, -0.05) is 54.6 Å². The number of hydrogen-bond donors (Lipinski definition) is 1. The highest BCUT2D eigenvalue weighted by Gasteiger charge is 2.28. The van der Waals surface area contributed by atoms with Crippen molar-refractivity contribution in [3.05, 3.63) is 90.2 Å². The summed E-state index contributed by atoms with van der Waals surface area (Å²) in [6.07, 6.45) is 0.968. The van der Waals surface area contributed by atoms with Crippen LogP contribution in [0, 0.1) is 5.82 Å². The number of benzene rings is 3. The first-order valence-electron chi connectivity index (χ1n) is 10.2. The molecule has 4 nitrogen and oxygen atoms in total. The molecule has 0 spiro atoms. The van der Waals surface area contributed by atoms with E-state index in [-0.39, 0.29) is 17.9 Å². The number of nitrogens with zero attached hydrogens (tertiary/aromatic N) is 2. The molecule has 154 valence electrons. The van der Waals surface area contributed by atoms with Crippen molar-refractivity contribution in [2.24, 2.45) is 0 Å². The topological polar surface area (TPSA) is 35.6 Å². The minimum atomic E-state index is -0.260. The first-order chi connectivity index (χ1) is 14.6. The molecule has 30 heavy (non-hydrogen) atoms. The number of urea groups is 1. The largest absolute Gasteiger partial charge is 0.323 e. The van der Waals surface area contributed by atoms with E-state index in [2.05, 4.69) is 34.5 Å². The van der Waals surface area contributed by atoms with Crippen LogP contribution in [-0.4, -0.2) is 42.0 Å². The standard InChI is InChI=1S/C25H26FN3O/c1-28(24-14-15-29(18-24)17-19-6-3-2-4-7-19)25(30)27-23-12-10-20(11-13-23)21-8-5-9-22(26)16-21/h2-13,16,24H,14-15,17-18H2,1H3,(H,27,30)/t24-/m0/s1. The average Bonchev–Trinajstić information content (AvgIpc) is 3.23. The highest BCUT2D eigenvalue weighted by Crippen LogP contribution is 2.23. The van der Waals surface area contributed by atoms with Crippen molar-refractivity contribution in [1.82, 2.24) is 9.80 Å². The smallest absolute Gasteiger partial charge is 0.321 e. The van der Waals surface area contributed by atoms with E-state index in [9.17, 15) is 9.18 Å². The van der Waals surface area contributed by atoms with E-state index in [1.807, 2.05) is 43.4 Å². The molecule has 1 N–H and O–H groups in total. The minimum Gasteiger partial charge on any atom is -0.323 e. The van der Waals surface area contributed by atoms with Gasteiger partial charge in [0.1, 0.15) is 5.82 Å². The summed E-state index contributed by atoms with van der Waals surface area (Å²) < 4.78 is 13.4. The maximum Gasteiger partial charge on any atom is 0.321 e. The fraction of sp³-hybridized carbons (Fsp3) is 0.240. The predicted octanol–water partition coefficient (Wildman–Crippen LogP) is 5.23. The Morgan fingerprint density at radius 3 is 2.53 bits per heavy atom. The third-order valence-electron chi connectivity index (χ3n) is 5.66. The lowest BCUT2D eigenvalue weighted by Gasteiger charge is -2.25. The molecule has 1 fully saturated rings. The first-order valence-corrected chi connectivity index (χ1v) is 10.2. The van der Waals surface area contributed by atoms with E-state index in [0.717, 1.165) is 42.9 Å². The SMILES string of the molecule is CN(C(=O)Nc1ccc(-c2cccc(F)c2)cc1)[C@H]1CCN(Cc2ccccc2)C1. The Bertz CT molecular complexity index is 991. The van der Waals surface area contributed by atoms with Gasteiger partial charge < -0.3 is 10.2 Å². The number of likely N-dealkylation sites (N-methyl/N-ethyl adjacent to an activating group) is 1. The van der Waals surface area contributed by atoms with Gasteiger partial charge in [0.05, 0.1) is 0 Å². The Labute approximate surface area is 176 Å². The van der Waals surface area contributed by atoms with Crippen LogP contribution < -0.4 is 5.32 Å². The van der Waals surface area contributed by atoms with Crippen LogP contribution in [0.1, 0.15) is 12.0 Å². The molecule has 0 saturated carbocycles. The number of nitrogens with one attached hydrogen (secondary N) is 1. The summed E-state index contributed by atoms with van der Waals surface area (Å²) in [5, 5.41) is 2.97. The number of amides is 2. The minimum absolute atomic E-state index is 0.111. The summed E-state index contributed by atoms with van der Waals surface area (Å²) in [6.45, 7) is 2.77. The van der Waals surface area contributed by atoms with Crippen LogP contribution in [0.15, 0.2) is 78.9 Å².